The van der Waals surface area contributed by atoms with Gasteiger partial charge >= 0.3 is 0 Å². The lowest BCUT2D eigenvalue weighted by molar-refractivity contribution is -0.120. The normalized spacial score (nSPS) is 13.2. The van der Waals surface area contributed by atoms with E-state index in [1.807, 2.05) is 73.9 Å². The Hall–Kier alpha value is -2.31. The summed E-state index contributed by atoms with van der Waals surface area (Å²) < 4.78 is 1.83. The van der Waals surface area contributed by atoms with Gasteiger partial charge in [-0.05, 0) is 44.0 Å². The number of nitrogens with zero attached hydrogens (tertiary/aromatic N) is 3. The van der Waals surface area contributed by atoms with Crippen LogP contribution < -0.4 is 5.32 Å². The number of aryl methyl sites for hydroxylation is 1. The van der Waals surface area contributed by atoms with E-state index in [9.17, 15) is 4.79 Å². The first kappa shape index (κ1) is 19.5. The average Bonchev–Trinajstić information content (AvgIpc) is 3.12. The van der Waals surface area contributed by atoms with E-state index in [2.05, 4.69) is 15.5 Å². The average molecular weight is 401 g/mol. The fourth-order valence-corrected chi connectivity index (χ4v) is 3.61. The Morgan fingerprint density at radius 2 is 1.93 bits per heavy atom. The minimum atomic E-state index is -0.319. The molecule has 0 aliphatic rings. The Labute approximate surface area is 168 Å². The van der Waals surface area contributed by atoms with E-state index in [1.54, 1.807) is 6.33 Å². The Morgan fingerprint density at radius 3 is 2.63 bits per heavy atom. The molecule has 0 radical (unpaired) electrons. The van der Waals surface area contributed by atoms with Crippen LogP contribution in [0.4, 0.5) is 0 Å². The smallest absolute Gasteiger partial charge is 0.233 e. The van der Waals surface area contributed by atoms with E-state index < -0.39 is 0 Å². The van der Waals surface area contributed by atoms with Crippen molar-refractivity contribution in [2.75, 3.05) is 0 Å². The highest BCUT2D eigenvalue weighted by molar-refractivity contribution is 8.00. The standard InChI is InChI=1S/C20H21ClN4OS/c1-13-9-10-17(11-18(13)21)25-12-22-24-20(25)27-15(3)19(26)23-14(2)16-7-5-4-6-8-16/h4-12,14-15H,1-3H3,(H,23,26). The van der Waals surface area contributed by atoms with Crippen LogP contribution in [0.3, 0.4) is 0 Å². The SMILES string of the molecule is Cc1ccc(-n2cnnc2SC(C)C(=O)NC(C)c2ccccc2)cc1Cl. The van der Waals surface area contributed by atoms with Crippen molar-refractivity contribution >= 4 is 29.3 Å². The minimum absolute atomic E-state index is 0.0483. The lowest BCUT2D eigenvalue weighted by atomic mass is 10.1. The molecule has 7 heteroatoms. The summed E-state index contributed by atoms with van der Waals surface area (Å²) in [5, 5.41) is 12.2. The van der Waals surface area contributed by atoms with E-state index in [-0.39, 0.29) is 17.2 Å². The molecule has 27 heavy (non-hydrogen) atoms. The predicted molar refractivity (Wildman–Crippen MR) is 109 cm³/mol. The van der Waals surface area contributed by atoms with Crippen molar-refractivity contribution in [3.8, 4) is 5.69 Å². The first-order valence-electron chi connectivity index (χ1n) is 8.64. The van der Waals surface area contributed by atoms with Crippen LogP contribution in [0, 0.1) is 6.92 Å². The van der Waals surface area contributed by atoms with E-state index >= 15 is 0 Å². The third-order valence-corrected chi connectivity index (χ3v) is 5.72. The fraction of sp³-hybridized carbons (Fsp3) is 0.250. The Balaban J connectivity index is 1.69. The Morgan fingerprint density at radius 1 is 1.19 bits per heavy atom. The molecule has 0 fully saturated rings. The van der Waals surface area contributed by atoms with Crippen LogP contribution in [-0.2, 0) is 4.79 Å². The van der Waals surface area contributed by atoms with Crippen LogP contribution in [0.2, 0.25) is 5.02 Å². The van der Waals surface area contributed by atoms with Crippen LogP contribution >= 0.6 is 23.4 Å². The lowest BCUT2D eigenvalue weighted by Gasteiger charge is -2.17. The van der Waals surface area contributed by atoms with Gasteiger partial charge < -0.3 is 5.32 Å². The van der Waals surface area contributed by atoms with E-state index in [0.717, 1.165) is 16.8 Å². The highest BCUT2D eigenvalue weighted by Gasteiger charge is 2.20. The van der Waals surface area contributed by atoms with Crippen molar-refractivity contribution in [2.24, 2.45) is 0 Å². The van der Waals surface area contributed by atoms with Crippen molar-refractivity contribution in [3.63, 3.8) is 0 Å². The van der Waals surface area contributed by atoms with Crippen molar-refractivity contribution in [1.29, 1.82) is 0 Å². The van der Waals surface area contributed by atoms with Gasteiger partial charge in [0.25, 0.3) is 0 Å². The van der Waals surface area contributed by atoms with Gasteiger partial charge in [0.15, 0.2) is 5.16 Å². The molecule has 1 amide bonds. The van der Waals surface area contributed by atoms with Gasteiger partial charge in [0.1, 0.15) is 6.33 Å². The van der Waals surface area contributed by atoms with Gasteiger partial charge in [-0.2, -0.15) is 0 Å². The number of rotatable bonds is 6. The topological polar surface area (TPSA) is 59.8 Å². The molecule has 1 N–H and O–H groups in total. The molecule has 2 aromatic carbocycles. The third kappa shape index (κ3) is 4.70. The number of nitrogens with one attached hydrogen (secondary N) is 1. The summed E-state index contributed by atoms with van der Waals surface area (Å²) in [7, 11) is 0. The summed E-state index contributed by atoms with van der Waals surface area (Å²) in [5.74, 6) is -0.0483. The number of halogens is 1. The van der Waals surface area contributed by atoms with Gasteiger partial charge in [0.2, 0.25) is 5.91 Å². The third-order valence-electron chi connectivity index (χ3n) is 4.26. The zero-order chi connectivity index (χ0) is 19.4. The second-order valence-electron chi connectivity index (χ2n) is 6.32. The van der Waals surface area contributed by atoms with E-state index in [1.165, 1.54) is 11.8 Å². The zero-order valence-electron chi connectivity index (χ0n) is 15.4. The van der Waals surface area contributed by atoms with Crippen LogP contribution in [0.25, 0.3) is 5.69 Å². The van der Waals surface area contributed by atoms with Crippen LogP contribution in [0.5, 0.6) is 0 Å². The van der Waals surface area contributed by atoms with Gasteiger partial charge in [-0.15, -0.1) is 10.2 Å². The number of hydrogen-bond donors (Lipinski definition) is 1. The number of carbonyl (C=O) groups is 1. The Kier molecular flexibility index (Phi) is 6.19. The van der Waals surface area contributed by atoms with Crippen LogP contribution in [-0.4, -0.2) is 25.9 Å². The summed E-state index contributed by atoms with van der Waals surface area (Å²) in [5.41, 5.74) is 2.94. The number of amides is 1. The molecule has 1 heterocycles. The summed E-state index contributed by atoms with van der Waals surface area (Å²) in [6.45, 7) is 5.79. The Bertz CT molecular complexity index is 929. The molecule has 140 valence electrons. The number of aromatic nitrogens is 3. The maximum Gasteiger partial charge on any atom is 0.233 e. The van der Waals surface area contributed by atoms with Crippen molar-refractivity contribution < 1.29 is 4.79 Å². The summed E-state index contributed by atoms with van der Waals surface area (Å²) in [6.07, 6.45) is 1.63. The van der Waals surface area contributed by atoms with Crippen LogP contribution in [0.1, 0.15) is 31.0 Å². The lowest BCUT2D eigenvalue weighted by Crippen LogP contribution is -2.33. The molecule has 0 aliphatic carbocycles. The quantitative estimate of drug-likeness (QED) is 0.615. The molecule has 0 saturated carbocycles. The highest BCUT2D eigenvalue weighted by atomic mass is 35.5. The number of carbonyl (C=O) groups excluding carboxylic acids is 1. The molecule has 0 bridgehead atoms. The minimum Gasteiger partial charge on any atom is -0.349 e. The maximum atomic E-state index is 12.6. The molecule has 0 aliphatic heterocycles. The molecule has 1 aromatic heterocycles. The molecule has 5 nitrogen and oxygen atoms in total. The monoisotopic (exact) mass is 400 g/mol. The van der Waals surface area contributed by atoms with Gasteiger partial charge in [-0.25, -0.2) is 0 Å². The first-order valence-corrected chi connectivity index (χ1v) is 9.90. The summed E-state index contributed by atoms with van der Waals surface area (Å²) in [4.78, 5) is 12.6. The highest BCUT2D eigenvalue weighted by Crippen LogP contribution is 2.26. The largest absolute Gasteiger partial charge is 0.349 e. The van der Waals surface area contributed by atoms with E-state index in [0.29, 0.717) is 10.2 Å². The van der Waals surface area contributed by atoms with Gasteiger partial charge in [0.05, 0.1) is 17.0 Å². The fourth-order valence-electron chi connectivity index (χ4n) is 2.58. The first-order chi connectivity index (χ1) is 13.0. The molecule has 2 unspecified atom stereocenters. The molecular weight excluding hydrogens is 380 g/mol. The van der Waals surface area contributed by atoms with Gasteiger partial charge in [-0.1, -0.05) is 59.8 Å². The molecule has 3 aromatic rings. The summed E-state index contributed by atoms with van der Waals surface area (Å²) >= 11 is 7.59. The van der Waals surface area contributed by atoms with Gasteiger partial charge in [-0.3, -0.25) is 9.36 Å². The summed E-state index contributed by atoms with van der Waals surface area (Å²) in [6, 6.07) is 15.6. The maximum absolute atomic E-state index is 12.6. The van der Waals surface area contributed by atoms with Crippen molar-refractivity contribution in [3.05, 3.63) is 71.0 Å². The second-order valence-corrected chi connectivity index (χ2v) is 8.03. The molecule has 0 saturated heterocycles. The number of hydrogen-bond acceptors (Lipinski definition) is 4. The van der Waals surface area contributed by atoms with E-state index in [4.69, 9.17) is 11.6 Å². The number of thioether (sulfide) groups is 1. The molecule has 3 rings (SSSR count). The zero-order valence-corrected chi connectivity index (χ0v) is 17.0. The van der Waals surface area contributed by atoms with Gasteiger partial charge in [0, 0.05) is 5.02 Å². The molecule has 0 spiro atoms. The predicted octanol–water partition coefficient (Wildman–Crippen LogP) is 4.59. The molecule has 2 atom stereocenters. The molecular formula is C20H21ClN4OS. The van der Waals surface area contributed by atoms with Crippen molar-refractivity contribution in [1.82, 2.24) is 20.1 Å². The van der Waals surface area contributed by atoms with Crippen molar-refractivity contribution in [2.45, 2.75) is 37.2 Å². The number of benzene rings is 2. The van der Waals surface area contributed by atoms with Crippen LogP contribution in [0.15, 0.2) is 60.0 Å². The second kappa shape index (κ2) is 8.59.